The Balaban J connectivity index is 1.52. The molecule has 7 nitrogen and oxygen atoms in total. The van der Waals surface area contributed by atoms with Gasteiger partial charge in [-0.25, -0.2) is 18.4 Å². The number of halogens is 2. The molecule has 4 rings (SSSR count). The Morgan fingerprint density at radius 1 is 1.24 bits per heavy atom. The summed E-state index contributed by atoms with van der Waals surface area (Å²) in [6.45, 7) is 3.23. The maximum absolute atomic E-state index is 14.8. The molecule has 1 saturated heterocycles. The van der Waals surface area contributed by atoms with Gasteiger partial charge in [0, 0.05) is 49.5 Å². The van der Waals surface area contributed by atoms with Crippen molar-refractivity contribution in [2.24, 2.45) is 0 Å². The van der Waals surface area contributed by atoms with Crippen molar-refractivity contribution in [1.82, 2.24) is 19.7 Å². The molecule has 0 unspecified atom stereocenters. The van der Waals surface area contributed by atoms with Crippen molar-refractivity contribution in [3.63, 3.8) is 0 Å². The van der Waals surface area contributed by atoms with Crippen LogP contribution in [-0.4, -0.2) is 57.0 Å². The summed E-state index contributed by atoms with van der Waals surface area (Å²) < 4.78 is 29.9. The number of likely N-dealkylation sites (tertiary alicyclic amines) is 1. The number of hydrogen-bond acceptors (Lipinski definition) is 6. The molecule has 9 heteroatoms. The van der Waals surface area contributed by atoms with Crippen molar-refractivity contribution in [3.05, 3.63) is 77.9 Å². The Hall–Kier alpha value is -3.35. The van der Waals surface area contributed by atoms with E-state index in [0.29, 0.717) is 18.7 Å². The molecule has 1 N–H and O–H groups in total. The van der Waals surface area contributed by atoms with Crippen LogP contribution in [-0.2, 0) is 12.1 Å². The lowest BCUT2D eigenvalue weighted by atomic mass is 9.84. The maximum Gasteiger partial charge on any atom is 0.137 e. The lowest BCUT2D eigenvalue weighted by molar-refractivity contribution is -0.0690. The smallest absolute Gasteiger partial charge is 0.137 e. The molecule has 1 fully saturated rings. The zero-order valence-corrected chi connectivity index (χ0v) is 19.3. The predicted octanol–water partition coefficient (Wildman–Crippen LogP) is 3.31. The topological polar surface area (TPSA) is 81.2 Å². The molecule has 1 aliphatic heterocycles. The van der Waals surface area contributed by atoms with E-state index >= 15 is 0 Å². The molecular weight excluding hydrogens is 438 g/mol. The molecule has 3 aromatic rings. The van der Waals surface area contributed by atoms with Gasteiger partial charge >= 0.3 is 0 Å². The first-order chi connectivity index (χ1) is 16.3. The van der Waals surface area contributed by atoms with Gasteiger partial charge in [0.05, 0.1) is 18.2 Å². The molecule has 178 valence electrons. The summed E-state index contributed by atoms with van der Waals surface area (Å²) in [5.41, 5.74) is -0.00767. The number of aromatic nitrogens is 3. The third-order valence-corrected chi connectivity index (χ3v) is 6.94. The van der Waals surface area contributed by atoms with E-state index < -0.39 is 23.3 Å². The summed E-state index contributed by atoms with van der Waals surface area (Å²) in [7, 11) is 2.02. The number of nitrogens with zero attached hydrogens (tertiary/aromatic N) is 6. The molecule has 0 spiro atoms. The predicted molar refractivity (Wildman–Crippen MR) is 124 cm³/mol. The van der Waals surface area contributed by atoms with Crippen LogP contribution < -0.4 is 4.90 Å². The Kier molecular flexibility index (Phi) is 6.91. The Morgan fingerprint density at radius 2 is 2.00 bits per heavy atom. The zero-order valence-electron chi connectivity index (χ0n) is 19.3. The standard InChI is InChI=1S/C25H28F2N6O/c1-18(25(34,15-33-17-29-16-30-33)23-7-6-20(26)13-24(23)27)32-10-8-21(9-11-32)31(2)22-5-3-4-19(12-22)14-28/h3-7,12-13,16-18,21,34H,8-11,15H2,1-2H3/t18-,25-/m1/s1. The van der Waals surface area contributed by atoms with E-state index in [1.165, 1.54) is 23.4 Å². The van der Waals surface area contributed by atoms with Gasteiger partial charge < -0.3 is 10.0 Å². The van der Waals surface area contributed by atoms with Crippen molar-refractivity contribution in [1.29, 1.82) is 5.26 Å². The van der Waals surface area contributed by atoms with Gasteiger partial charge in [0.1, 0.15) is 29.9 Å². The first-order valence-corrected chi connectivity index (χ1v) is 11.3. The van der Waals surface area contributed by atoms with Gasteiger partial charge in [-0.05, 0) is 44.0 Å². The van der Waals surface area contributed by atoms with Crippen LogP contribution in [0.3, 0.4) is 0 Å². The highest BCUT2D eigenvalue weighted by Crippen LogP contribution is 2.34. The number of aliphatic hydroxyl groups is 1. The minimum Gasteiger partial charge on any atom is -0.381 e. The number of piperidine rings is 1. The average molecular weight is 467 g/mol. The van der Waals surface area contributed by atoms with Gasteiger partial charge in [0.25, 0.3) is 0 Å². The summed E-state index contributed by atoms with van der Waals surface area (Å²) >= 11 is 0. The van der Waals surface area contributed by atoms with Crippen LogP contribution in [0.5, 0.6) is 0 Å². The molecule has 2 heterocycles. The Morgan fingerprint density at radius 3 is 2.65 bits per heavy atom. The summed E-state index contributed by atoms with van der Waals surface area (Å²) in [6, 6.07) is 12.8. The van der Waals surface area contributed by atoms with Crippen molar-refractivity contribution in [3.8, 4) is 6.07 Å². The molecular formula is C25H28F2N6O. The molecule has 0 amide bonds. The van der Waals surface area contributed by atoms with Gasteiger partial charge in [0.2, 0.25) is 0 Å². The summed E-state index contributed by atoms with van der Waals surface area (Å²) in [5.74, 6) is -1.48. The second-order valence-electron chi connectivity index (χ2n) is 8.86. The maximum atomic E-state index is 14.8. The van der Waals surface area contributed by atoms with Crippen LogP contribution in [0, 0.1) is 23.0 Å². The van der Waals surface area contributed by atoms with E-state index in [2.05, 4.69) is 26.0 Å². The number of nitriles is 1. The van der Waals surface area contributed by atoms with E-state index in [1.54, 1.807) is 6.07 Å². The van der Waals surface area contributed by atoms with Gasteiger partial charge in [-0.2, -0.15) is 10.4 Å². The highest BCUT2D eigenvalue weighted by atomic mass is 19.1. The van der Waals surface area contributed by atoms with Crippen LogP contribution in [0.25, 0.3) is 0 Å². The van der Waals surface area contributed by atoms with Crippen molar-refractivity contribution >= 4 is 5.69 Å². The highest BCUT2D eigenvalue weighted by Gasteiger charge is 2.43. The lowest BCUT2D eigenvalue weighted by Crippen LogP contribution is -2.55. The number of hydrogen-bond donors (Lipinski definition) is 1. The number of rotatable bonds is 7. The molecule has 0 aliphatic carbocycles. The van der Waals surface area contributed by atoms with Crippen molar-refractivity contribution in [2.45, 2.75) is 44.0 Å². The lowest BCUT2D eigenvalue weighted by Gasteiger charge is -2.45. The molecule has 2 atom stereocenters. The fraction of sp³-hybridized carbons (Fsp3) is 0.400. The summed E-state index contributed by atoms with van der Waals surface area (Å²) in [6.07, 6.45) is 4.50. The van der Waals surface area contributed by atoms with Gasteiger partial charge in [-0.1, -0.05) is 12.1 Å². The monoisotopic (exact) mass is 466 g/mol. The Labute approximate surface area is 197 Å². The SMILES string of the molecule is C[C@@H](N1CCC(N(C)c2cccc(C#N)c2)CC1)[C@](O)(Cn1cncn1)c1ccc(F)cc1F. The minimum absolute atomic E-state index is 0.0164. The van der Waals surface area contributed by atoms with Gasteiger partial charge in [0.15, 0.2) is 0 Å². The van der Waals surface area contributed by atoms with Gasteiger partial charge in [-0.15, -0.1) is 0 Å². The largest absolute Gasteiger partial charge is 0.381 e. The first-order valence-electron chi connectivity index (χ1n) is 11.3. The fourth-order valence-electron chi connectivity index (χ4n) is 4.81. The molecule has 0 radical (unpaired) electrons. The van der Waals surface area contributed by atoms with E-state index in [1.807, 2.05) is 32.2 Å². The van der Waals surface area contributed by atoms with E-state index in [9.17, 15) is 19.1 Å². The Bertz CT molecular complexity index is 1160. The zero-order chi connectivity index (χ0) is 24.3. The van der Waals surface area contributed by atoms with Crippen LogP contribution >= 0.6 is 0 Å². The highest BCUT2D eigenvalue weighted by molar-refractivity contribution is 5.51. The fourth-order valence-corrected chi connectivity index (χ4v) is 4.81. The van der Waals surface area contributed by atoms with Crippen LogP contribution in [0.4, 0.5) is 14.5 Å². The van der Waals surface area contributed by atoms with E-state index in [4.69, 9.17) is 0 Å². The first kappa shape index (κ1) is 23.8. The average Bonchev–Trinajstić information content (AvgIpc) is 3.36. The van der Waals surface area contributed by atoms with Crippen molar-refractivity contribution < 1.29 is 13.9 Å². The third kappa shape index (κ3) is 4.79. The summed E-state index contributed by atoms with van der Waals surface area (Å²) in [5, 5.41) is 25.1. The normalized spacial score (nSPS) is 17.6. The second kappa shape index (κ2) is 9.87. The van der Waals surface area contributed by atoms with E-state index in [-0.39, 0.29) is 18.2 Å². The molecule has 1 aromatic heterocycles. The molecule has 1 aliphatic rings. The second-order valence-corrected chi connectivity index (χ2v) is 8.86. The minimum atomic E-state index is -1.65. The number of benzene rings is 2. The van der Waals surface area contributed by atoms with Crippen LogP contribution in [0.2, 0.25) is 0 Å². The number of anilines is 1. The molecule has 34 heavy (non-hydrogen) atoms. The van der Waals surface area contributed by atoms with E-state index in [0.717, 1.165) is 30.7 Å². The van der Waals surface area contributed by atoms with Crippen LogP contribution in [0.15, 0.2) is 55.1 Å². The van der Waals surface area contributed by atoms with Crippen LogP contribution in [0.1, 0.15) is 30.9 Å². The van der Waals surface area contributed by atoms with Gasteiger partial charge in [-0.3, -0.25) is 4.90 Å². The third-order valence-electron chi connectivity index (χ3n) is 6.94. The summed E-state index contributed by atoms with van der Waals surface area (Å²) in [4.78, 5) is 8.25. The quantitative estimate of drug-likeness (QED) is 0.576. The molecule has 0 bridgehead atoms. The molecule has 2 aromatic carbocycles. The van der Waals surface area contributed by atoms with Crippen molar-refractivity contribution in [2.75, 3.05) is 25.0 Å². The molecule has 0 saturated carbocycles.